The molecule has 0 spiro atoms. The lowest BCUT2D eigenvalue weighted by Gasteiger charge is -2.35. The standard InChI is InChI=1S/C24H27F3N6O/c1-15(2)22-29-16(3)12-21(30-22)31-8-10-32(11-9-31)23(34)20-14-28-33(17(20)4)19-7-5-6-18(13-19)24(25,26)27/h5-7,12-15H,8-11H2,1-4H3. The van der Waals surface area contributed by atoms with E-state index in [2.05, 4.69) is 33.8 Å². The molecular formula is C24H27F3N6O. The van der Waals surface area contributed by atoms with Crippen molar-refractivity contribution in [3.05, 3.63) is 64.9 Å². The highest BCUT2D eigenvalue weighted by atomic mass is 19.4. The number of anilines is 1. The molecule has 0 aliphatic carbocycles. The summed E-state index contributed by atoms with van der Waals surface area (Å²) in [6, 6.07) is 6.86. The zero-order chi connectivity index (χ0) is 24.6. The number of piperazine rings is 1. The van der Waals surface area contributed by atoms with E-state index in [9.17, 15) is 18.0 Å². The quantitative estimate of drug-likeness (QED) is 0.564. The average molecular weight is 473 g/mol. The third-order valence-electron chi connectivity index (χ3n) is 5.92. The van der Waals surface area contributed by atoms with E-state index in [0.29, 0.717) is 37.4 Å². The summed E-state index contributed by atoms with van der Waals surface area (Å²) in [5, 5.41) is 4.20. The van der Waals surface area contributed by atoms with Crippen molar-refractivity contribution in [2.75, 3.05) is 31.1 Å². The Labute approximate surface area is 196 Å². The van der Waals surface area contributed by atoms with Gasteiger partial charge in [-0.15, -0.1) is 0 Å². The van der Waals surface area contributed by atoms with Crippen LogP contribution in [0, 0.1) is 13.8 Å². The van der Waals surface area contributed by atoms with Crippen LogP contribution in [0.2, 0.25) is 0 Å². The SMILES string of the molecule is Cc1cc(N2CCN(C(=O)c3cnn(-c4cccc(C(F)(F)F)c4)c3C)CC2)nc(C(C)C)n1. The normalized spacial score (nSPS) is 14.7. The van der Waals surface area contributed by atoms with Crippen molar-refractivity contribution < 1.29 is 18.0 Å². The minimum atomic E-state index is -4.45. The molecule has 1 aromatic carbocycles. The molecule has 1 saturated heterocycles. The van der Waals surface area contributed by atoms with Crippen LogP contribution in [0.15, 0.2) is 36.5 Å². The average Bonchev–Trinajstić information content (AvgIpc) is 3.19. The van der Waals surface area contributed by atoms with Gasteiger partial charge in [0.25, 0.3) is 5.91 Å². The molecule has 1 amide bonds. The second kappa shape index (κ2) is 9.08. The summed E-state index contributed by atoms with van der Waals surface area (Å²) in [5.41, 5.74) is 1.29. The molecule has 1 aliphatic heterocycles. The maximum atomic E-state index is 13.2. The van der Waals surface area contributed by atoms with Crippen LogP contribution in [-0.2, 0) is 6.18 Å². The van der Waals surface area contributed by atoms with E-state index in [1.54, 1.807) is 11.8 Å². The van der Waals surface area contributed by atoms with Gasteiger partial charge in [-0.1, -0.05) is 19.9 Å². The lowest BCUT2D eigenvalue weighted by atomic mass is 10.1. The molecule has 34 heavy (non-hydrogen) atoms. The Morgan fingerprint density at radius 3 is 2.38 bits per heavy atom. The van der Waals surface area contributed by atoms with Gasteiger partial charge >= 0.3 is 6.18 Å². The number of nitrogens with zero attached hydrogens (tertiary/aromatic N) is 6. The minimum Gasteiger partial charge on any atom is -0.353 e. The number of rotatable bonds is 4. The van der Waals surface area contributed by atoms with Crippen LogP contribution in [-0.4, -0.2) is 56.7 Å². The molecule has 0 saturated carbocycles. The first-order valence-electron chi connectivity index (χ1n) is 11.2. The first kappa shape index (κ1) is 23.7. The van der Waals surface area contributed by atoms with E-state index in [1.165, 1.54) is 23.0 Å². The number of aryl methyl sites for hydroxylation is 1. The molecule has 4 rings (SSSR count). The van der Waals surface area contributed by atoms with Crippen molar-refractivity contribution in [2.24, 2.45) is 0 Å². The number of hydrogen-bond acceptors (Lipinski definition) is 5. The van der Waals surface area contributed by atoms with Crippen LogP contribution in [0.25, 0.3) is 5.69 Å². The zero-order valence-electron chi connectivity index (χ0n) is 19.6. The molecule has 0 bridgehead atoms. The monoisotopic (exact) mass is 472 g/mol. The topological polar surface area (TPSA) is 67.2 Å². The molecule has 0 atom stereocenters. The van der Waals surface area contributed by atoms with Gasteiger partial charge in [0.1, 0.15) is 11.6 Å². The van der Waals surface area contributed by atoms with Gasteiger partial charge in [0.2, 0.25) is 0 Å². The van der Waals surface area contributed by atoms with Gasteiger partial charge < -0.3 is 9.80 Å². The van der Waals surface area contributed by atoms with Crippen LogP contribution in [0.5, 0.6) is 0 Å². The fourth-order valence-electron chi connectivity index (χ4n) is 4.00. The fraction of sp³-hybridized carbons (Fsp3) is 0.417. The Kier molecular flexibility index (Phi) is 6.33. The predicted octanol–water partition coefficient (Wildman–Crippen LogP) is 4.38. The molecule has 0 N–H and O–H groups in total. The number of halogens is 3. The molecule has 1 fully saturated rings. The Bertz CT molecular complexity index is 1200. The molecule has 2 aromatic heterocycles. The molecular weight excluding hydrogens is 445 g/mol. The van der Waals surface area contributed by atoms with Gasteiger partial charge in [0, 0.05) is 43.9 Å². The summed E-state index contributed by atoms with van der Waals surface area (Å²) in [6.07, 6.45) is -3.03. The van der Waals surface area contributed by atoms with Gasteiger partial charge in [-0.25, -0.2) is 14.6 Å². The van der Waals surface area contributed by atoms with Crippen molar-refractivity contribution in [3.63, 3.8) is 0 Å². The highest BCUT2D eigenvalue weighted by Crippen LogP contribution is 2.30. The van der Waals surface area contributed by atoms with Crippen molar-refractivity contribution in [1.29, 1.82) is 0 Å². The van der Waals surface area contributed by atoms with Crippen molar-refractivity contribution in [2.45, 2.75) is 39.8 Å². The summed E-state index contributed by atoms with van der Waals surface area (Å²) in [7, 11) is 0. The summed E-state index contributed by atoms with van der Waals surface area (Å²) in [6.45, 7) is 10.0. The smallest absolute Gasteiger partial charge is 0.353 e. The lowest BCUT2D eigenvalue weighted by molar-refractivity contribution is -0.137. The van der Waals surface area contributed by atoms with E-state index < -0.39 is 11.7 Å². The molecule has 10 heteroatoms. The van der Waals surface area contributed by atoms with Crippen LogP contribution in [0.1, 0.15) is 52.9 Å². The Morgan fingerprint density at radius 2 is 1.74 bits per heavy atom. The van der Waals surface area contributed by atoms with E-state index >= 15 is 0 Å². The van der Waals surface area contributed by atoms with Crippen LogP contribution in [0.4, 0.5) is 19.0 Å². The third kappa shape index (κ3) is 4.76. The molecule has 180 valence electrons. The second-order valence-corrected chi connectivity index (χ2v) is 8.76. The Morgan fingerprint density at radius 1 is 1.03 bits per heavy atom. The molecule has 3 heterocycles. The molecule has 7 nitrogen and oxygen atoms in total. The molecule has 0 radical (unpaired) electrons. The number of benzene rings is 1. The maximum absolute atomic E-state index is 13.2. The number of aromatic nitrogens is 4. The number of carbonyl (C=O) groups excluding carboxylic acids is 1. The van der Waals surface area contributed by atoms with Gasteiger partial charge in [0.05, 0.1) is 28.7 Å². The summed E-state index contributed by atoms with van der Waals surface area (Å²) >= 11 is 0. The first-order chi connectivity index (χ1) is 16.0. The van der Waals surface area contributed by atoms with E-state index in [1.807, 2.05) is 13.0 Å². The Balaban J connectivity index is 1.48. The molecule has 1 aliphatic rings. The van der Waals surface area contributed by atoms with Crippen LogP contribution in [0.3, 0.4) is 0 Å². The van der Waals surface area contributed by atoms with E-state index in [0.717, 1.165) is 29.5 Å². The fourth-order valence-corrected chi connectivity index (χ4v) is 4.00. The maximum Gasteiger partial charge on any atom is 0.416 e. The van der Waals surface area contributed by atoms with Crippen LogP contribution < -0.4 is 4.90 Å². The number of carbonyl (C=O) groups is 1. The Hall–Kier alpha value is -3.43. The first-order valence-corrected chi connectivity index (χ1v) is 11.2. The van der Waals surface area contributed by atoms with E-state index in [4.69, 9.17) is 0 Å². The number of alkyl halides is 3. The lowest BCUT2D eigenvalue weighted by Crippen LogP contribution is -2.49. The third-order valence-corrected chi connectivity index (χ3v) is 5.92. The minimum absolute atomic E-state index is 0.183. The van der Waals surface area contributed by atoms with Gasteiger partial charge in [-0.05, 0) is 32.0 Å². The van der Waals surface area contributed by atoms with Crippen molar-refractivity contribution in [3.8, 4) is 5.69 Å². The van der Waals surface area contributed by atoms with Gasteiger partial charge in [0.15, 0.2) is 0 Å². The number of amides is 1. The second-order valence-electron chi connectivity index (χ2n) is 8.76. The van der Waals surface area contributed by atoms with Gasteiger partial charge in [-0.2, -0.15) is 18.3 Å². The van der Waals surface area contributed by atoms with Crippen molar-refractivity contribution >= 4 is 11.7 Å². The largest absolute Gasteiger partial charge is 0.416 e. The number of hydrogen-bond donors (Lipinski definition) is 0. The molecule has 3 aromatic rings. The highest BCUT2D eigenvalue weighted by Gasteiger charge is 2.31. The summed E-state index contributed by atoms with van der Waals surface area (Å²) in [5.74, 6) is 1.69. The van der Waals surface area contributed by atoms with Crippen LogP contribution >= 0.6 is 0 Å². The highest BCUT2D eigenvalue weighted by molar-refractivity contribution is 5.95. The summed E-state index contributed by atoms with van der Waals surface area (Å²) < 4.78 is 40.7. The molecule has 0 unspecified atom stereocenters. The van der Waals surface area contributed by atoms with Crippen molar-refractivity contribution in [1.82, 2.24) is 24.6 Å². The zero-order valence-corrected chi connectivity index (χ0v) is 19.6. The van der Waals surface area contributed by atoms with E-state index in [-0.39, 0.29) is 17.5 Å². The predicted molar refractivity (Wildman–Crippen MR) is 122 cm³/mol. The van der Waals surface area contributed by atoms with Gasteiger partial charge in [-0.3, -0.25) is 4.79 Å². The summed E-state index contributed by atoms with van der Waals surface area (Å²) in [4.78, 5) is 26.2.